The predicted octanol–water partition coefficient (Wildman–Crippen LogP) is 1.63. The molecule has 60 valence electrons. The molecule has 2 rings (SSSR count). The second kappa shape index (κ2) is 2.19. The minimum atomic E-state index is -0.391. The number of fused-ring (bicyclic) bond motifs is 2. The van der Waals surface area contributed by atoms with Crippen LogP contribution in [0.15, 0.2) is 24.8 Å². The van der Waals surface area contributed by atoms with Crippen LogP contribution in [0, 0.1) is 0 Å². The third kappa shape index (κ3) is 1.03. The van der Waals surface area contributed by atoms with Crippen molar-refractivity contribution in [1.29, 1.82) is 0 Å². The minimum absolute atomic E-state index is 0.0405. The van der Waals surface area contributed by atoms with Gasteiger partial charge in [-0.15, -0.1) is 6.58 Å². The molecule has 0 amide bonds. The largest absolute Gasteiger partial charge is 0.340 e. The molecule has 1 fully saturated rings. The molecule has 2 aliphatic rings. The van der Waals surface area contributed by atoms with Crippen molar-refractivity contribution in [3.8, 4) is 0 Å². The number of ether oxygens (including phenoxy) is 2. The molecule has 0 N–H and O–H groups in total. The molecule has 2 heteroatoms. The van der Waals surface area contributed by atoms with Gasteiger partial charge in [0.2, 0.25) is 0 Å². The Labute approximate surface area is 66.5 Å². The Bertz CT molecular complexity index is 210. The predicted molar refractivity (Wildman–Crippen MR) is 42.1 cm³/mol. The van der Waals surface area contributed by atoms with Crippen LogP contribution in [0.2, 0.25) is 0 Å². The van der Waals surface area contributed by atoms with Crippen LogP contribution in [0.3, 0.4) is 0 Å². The maximum absolute atomic E-state index is 5.62. The summed E-state index contributed by atoms with van der Waals surface area (Å²) in [5.74, 6) is -0.391. The van der Waals surface area contributed by atoms with Crippen LogP contribution in [-0.2, 0) is 9.47 Å². The first-order valence-corrected chi connectivity index (χ1v) is 3.88. The smallest absolute Gasteiger partial charge is 0.170 e. The zero-order chi connectivity index (χ0) is 7.90. The van der Waals surface area contributed by atoms with Crippen LogP contribution < -0.4 is 0 Å². The molecular formula is C9H12O2. The maximum Gasteiger partial charge on any atom is 0.170 e. The molecule has 0 radical (unpaired) electrons. The molecule has 11 heavy (non-hydrogen) atoms. The van der Waals surface area contributed by atoms with Crippen molar-refractivity contribution < 1.29 is 9.47 Å². The second-order valence-corrected chi connectivity index (χ2v) is 3.17. The van der Waals surface area contributed by atoms with Crippen molar-refractivity contribution in [2.24, 2.45) is 0 Å². The SMILES string of the molecule is C=C[C@@H]1O[C@]2(C)CC=C[C@H]1O2. The fraction of sp³-hybridized carbons (Fsp3) is 0.556. The average Bonchev–Trinajstić information content (AvgIpc) is 2.21. The van der Waals surface area contributed by atoms with Gasteiger partial charge in [0, 0.05) is 6.42 Å². The number of rotatable bonds is 1. The fourth-order valence-electron chi connectivity index (χ4n) is 1.58. The van der Waals surface area contributed by atoms with Crippen LogP contribution in [0.1, 0.15) is 13.3 Å². The Hall–Kier alpha value is -0.600. The Balaban J connectivity index is 2.25. The first-order valence-electron chi connectivity index (χ1n) is 3.88. The van der Waals surface area contributed by atoms with E-state index in [1.54, 1.807) is 6.08 Å². The molecule has 0 unspecified atom stereocenters. The van der Waals surface area contributed by atoms with E-state index in [1.165, 1.54) is 0 Å². The van der Waals surface area contributed by atoms with E-state index in [1.807, 2.05) is 13.0 Å². The van der Waals surface area contributed by atoms with Crippen LogP contribution >= 0.6 is 0 Å². The number of hydrogen-bond acceptors (Lipinski definition) is 2. The van der Waals surface area contributed by atoms with Crippen molar-refractivity contribution in [3.05, 3.63) is 24.8 Å². The molecule has 0 aliphatic carbocycles. The first-order chi connectivity index (χ1) is 5.23. The van der Waals surface area contributed by atoms with Gasteiger partial charge in [0.25, 0.3) is 0 Å². The lowest BCUT2D eigenvalue weighted by Gasteiger charge is -2.23. The van der Waals surface area contributed by atoms with Gasteiger partial charge >= 0.3 is 0 Å². The Morgan fingerprint density at radius 2 is 2.45 bits per heavy atom. The molecular weight excluding hydrogens is 140 g/mol. The standard InChI is InChI=1S/C9H12O2/c1-3-7-8-5-4-6-9(2,10-7)11-8/h3-5,7-8H,1,6H2,2H3/t7-,8+,9-/m0/s1. The van der Waals surface area contributed by atoms with E-state index >= 15 is 0 Å². The van der Waals surface area contributed by atoms with Gasteiger partial charge in [-0.2, -0.15) is 0 Å². The molecule has 3 atom stereocenters. The van der Waals surface area contributed by atoms with Crippen LogP contribution in [0.25, 0.3) is 0 Å². The topological polar surface area (TPSA) is 18.5 Å². The first kappa shape index (κ1) is 7.07. The van der Waals surface area contributed by atoms with Crippen LogP contribution in [0.5, 0.6) is 0 Å². The Morgan fingerprint density at radius 1 is 1.64 bits per heavy atom. The van der Waals surface area contributed by atoms with E-state index < -0.39 is 5.79 Å². The molecule has 0 spiro atoms. The van der Waals surface area contributed by atoms with E-state index in [0.29, 0.717) is 0 Å². The maximum atomic E-state index is 5.62. The van der Waals surface area contributed by atoms with Crippen molar-refractivity contribution >= 4 is 0 Å². The van der Waals surface area contributed by atoms with Crippen molar-refractivity contribution in [3.63, 3.8) is 0 Å². The van der Waals surface area contributed by atoms with E-state index in [9.17, 15) is 0 Å². The van der Waals surface area contributed by atoms with Crippen molar-refractivity contribution in [1.82, 2.24) is 0 Å². The summed E-state index contributed by atoms with van der Waals surface area (Å²) in [5, 5.41) is 0. The average molecular weight is 152 g/mol. The van der Waals surface area contributed by atoms with E-state index in [0.717, 1.165) is 6.42 Å². The zero-order valence-electron chi connectivity index (χ0n) is 6.62. The van der Waals surface area contributed by atoms with Crippen LogP contribution in [-0.4, -0.2) is 18.0 Å². The lowest BCUT2D eigenvalue weighted by molar-refractivity contribution is -0.154. The normalized spacial score (nSPS) is 47.7. The van der Waals surface area contributed by atoms with Gasteiger partial charge in [-0.3, -0.25) is 0 Å². The quantitative estimate of drug-likeness (QED) is 0.532. The summed E-state index contributed by atoms with van der Waals surface area (Å²) in [6.07, 6.45) is 6.92. The summed E-state index contributed by atoms with van der Waals surface area (Å²) in [5.41, 5.74) is 0. The van der Waals surface area contributed by atoms with Crippen molar-refractivity contribution in [2.45, 2.75) is 31.3 Å². The highest BCUT2D eigenvalue weighted by Gasteiger charge is 2.43. The Morgan fingerprint density at radius 3 is 3.09 bits per heavy atom. The third-order valence-corrected chi connectivity index (χ3v) is 2.14. The summed E-state index contributed by atoms with van der Waals surface area (Å²) in [6.45, 7) is 5.66. The lowest BCUT2D eigenvalue weighted by Crippen LogP contribution is -2.27. The lowest BCUT2D eigenvalue weighted by atomic mass is 10.1. The monoisotopic (exact) mass is 152 g/mol. The molecule has 0 aromatic carbocycles. The highest BCUT2D eigenvalue weighted by molar-refractivity contribution is 5.09. The molecule has 2 nitrogen and oxygen atoms in total. The molecule has 2 aliphatic heterocycles. The molecule has 0 aromatic rings. The Kier molecular flexibility index (Phi) is 1.41. The van der Waals surface area contributed by atoms with E-state index in [-0.39, 0.29) is 12.2 Å². The second-order valence-electron chi connectivity index (χ2n) is 3.17. The van der Waals surface area contributed by atoms with Gasteiger partial charge in [0.1, 0.15) is 12.2 Å². The fourth-order valence-corrected chi connectivity index (χ4v) is 1.58. The van der Waals surface area contributed by atoms with E-state index in [2.05, 4.69) is 12.7 Å². The van der Waals surface area contributed by atoms with Gasteiger partial charge in [0.15, 0.2) is 5.79 Å². The van der Waals surface area contributed by atoms with Gasteiger partial charge < -0.3 is 9.47 Å². The number of hydrogen-bond donors (Lipinski definition) is 0. The van der Waals surface area contributed by atoms with E-state index in [4.69, 9.17) is 9.47 Å². The zero-order valence-corrected chi connectivity index (χ0v) is 6.62. The van der Waals surface area contributed by atoms with Gasteiger partial charge in [-0.25, -0.2) is 0 Å². The minimum Gasteiger partial charge on any atom is -0.340 e. The van der Waals surface area contributed by atoms with Crippen molar-refractivity contribution in [2.75, 3.05) is 0 Å². The molecule has 2 bridgehead atoms. The van der Waals surface area contributed by atoms with Crippen LogP contribution in [0.4, 0.5) is 0 Å². The summed E-state index contributed by atoms with van der Waals surface area (Å²) in [6, 6.07) is 0. The third-order valence-electron chi connectivity index (χ3n) is 2.14. The molecule has 2 heterocycles. The van der Waals surface area contributed by atoms with Gasteiger partial charge in [-0.1, -0.05) is 18.2 Å². The highest BCUT2D eigenvalue weighted by Crippen LogP contribution is 2.36. The van der Waals surface area contributed by atoms with Gasteiger partial charge in [0.05, 0.1) is 0 Å². The van der Waals surface area contributed by atoms with Gasteiger partial charge in [-0.05, 0) is 6.92 Å². The molecule has 0 aromatic heterocycles. The summed E-state index contributed by atoms with van der Waals surface area (Å²) in [4.78, 5) is 0. The highest BCUT2D eigenvalue weighted by atomic mass is 16.8. The summed E-state index contributed by atoms with van der Waals surface area (Å²) in [7, 11) is 0. The molecule has 0 saturated carbocycles. The summed E-state index contributed by atoms with van der Waals surface area (Å²) >= 11 is 0. The molecule has 1 saturated heterocycles. The summed E-state index contributed by atoms with van der Waals surface area (Å²) < 4.78 is 11.2.